The van der Waals surface area contributed by atoms with Gasteiger partial charge in [-0.1, -0.05) is 24.1 Å². The van der Waals surface area contributed by atoms with Gasteiger partial charge in [-0.15, -0.1) is 0 Å². The zero-order valence-electron chi connectivity index (χ0n) is 8.92. The molecule has 0 saturated carbocycles. The highest BCUT2D eigenvalue weighted by atomic mass is 16.1. The van der Waals surface area contributed by atoms with E-state index >= 15 is 0 Å². The van der Waals surface area contributed by atoms with Gasteiger partial charge in [0.15, 0.2) is 0 Å². The third kappa shape index (κ3) is 3.45. The summed E-state index contributed by atoms with van der Waals surface area (Å²) < 4.78 is 0. The minimum atomic E-state index is -0.277. The molecule has 0 aliphatic heterocycles. The molecular formula is C12H14N2O. The van der Waals surface area contributed by atoms with Crippen molar-refractivity contribution in [3.05, 3.63) is 29.8 Å². The molecule has 0 aliphatic rings. The maximum atomic E-state index is 11.3. The molecule has 0 radical (unpaired) electrons. The van der Waals surface area contributed by atoms with Crippen LogP contribution in [0.1, 0.15) is 12.5 Å². The first kappa shape index (κ1) is 11.3. The molecule has 0 saturated heterocycles. The maximum Gasteiger partial charge on any atom is 0.300 e. The first-order chi connectivity index (χ1) is 7.27. The number of rotatable bonds is 3. The van der Waals surface area contributed by atoms with Gasteiger partial charge in [0.1, 0.15) is 0 Å². The summed E-state index contributed by atoms with van der Waals surface area (Å²) in [4.78, 5) is 11.3. The van der Waals surface area contributed by atoms with E-state index in [-0.39, 0.29) is 5.91 Å². The Kier molecular flexibility index (Phi) is 4.39. The molecule has 1 amide bonds. The molecule has 1 rings (SSSR count). The average Bonchev–Trinajstić information content (AvgIpc) is 2.21. The summed E-state index contributed by atoms with van der Waals surface area (Å²) in [6.45, 7) is 2.36. The minimum absolute atomic E-state index is 0.277. The number of anilines is 1. The van der Waals surface area contributed by atoms with Crippen molar-refractivity contribution in [2.75, 3.05) is 12.4 Å². The van der Waals surface area contributed by atoms with Crippen LogP contribution in [0.2, 0.25) is 0 Å². The normalized spacial score (nSPS) is 8.93. The molecule has 0 spiro atoms. The number of hydrogen-bond acceptors (Lipinski definition) is 2. The zero-order valence-corrected chi connectivity index (χ0v) is 8.92. The van der Waals surface area contributed by atoms with Crippen LogP contribution in [0.3, 0.4) is 0 Å². The summed E-state index contributed by atoms with van der Waals surface area (Å²) in [6, 6.07) is 7.65. The zero-order chi connectivity index (χ0) is 11.1. The number of nitrogens with one attached hydrogen (secondary N) is 2. The standard InChI is InChI=1S/C12H14N2O/c1-3-6-12(15)14-11-8-5-4-7-10(11)9-13-2/h4-5,7-8,13H,9H2,1-2H3,(H,14,15). The molecule has 3 heteroatoms. The second-order valence-electron chi connectivity index (χ2n) is 3.02. The molecule has 0 atom stereocenters. The first-order valence-electron chi connectivity index (χ1n) is 4.74. The Bertz CT molecular complexity index is 402. The quantitative estimate of drug-likeness (QED) is 0.727. The van der Waals surface area contributed by atoms with Crippen molar-refractivity contribution < 1.29 is 4.79 Å². The topological polar surface area (TPSA) is 41.1 Å². The molecule has 1 aromatic carbocycles. The Morgan fingerprint density at radius 3 is 2.80 bits per heavy atom. The van der Waals surface area contributed by atoms with Gasteiger partial charge in [0.05, 0.1) is 0 Å². The van der Waals surface area contributed by atoms with Crippen molar-refractivity contribution >= 4 is 11.6 Å². The predicted octanol–water partition coefficient (Wildman–Crippen LogP) is 1.37. The third-order valence-electron chi connectivity index (χ3n) is 1.87. The predicted molar refractivity (Wildman–Crippen MR) is 61.3 cm³/mol. The summed E-state index contributed by atoms with van der Waals surface area (Å²) in [5.41, 5.74) is 1.85. The summed E-state index contributed by atoms with van der Waals surface area (Å²) in [5, 5.41) is 5.79. The fourth-order valence-corrected chi connectivity index (χ4v) is 1.25. The van der Waals surface area contributed by atoms with Crippen LogP contribution in [0.25, 0.3) is 0 Å². The molecule has 3 nitrogen and oxygen atoms in total. The van der Waals surface area contributed by atoms with E-state index in [1.54, 1.807) is 6.92 Å². The van der Waals surface area contributed by atoms with Crippen molar-refractivity contribution in [1.29, 1.82) is 0 Å². The molecule has 0 fully saturated rings. The monoisotopic (exact) mass is 202 g/mol. The van der Waals surface area contributed by atoms with Crippen molar-refractivity contribution in [2.45, 2.75) is 13.5 Å². The molecule has 0 heterocycles. The molecule has 0 unspecified atom stereocenters. The van der Waals surface area contributed by atoms with Gasteiger partial charge >= 0.3 is 0 Å². The van der Waals surface area contributed by atoms with Gasteiger partial charge < -0.3 is 10.6 Å². The Labute approximate surface area is 89.9 Å². The van der Waals surface area contributed by atoms with Crippen molar-refractivity contribution in [3.63, 3.8) is 0 Å². The fraction of sp³-hybridized carbons (Fsp3) is 0.250. The summed E-state index contributed by atoms with van der Waals surface area (Å²) in [7, 11) is 1.87. The van der Waals surface area contributed by atoms with Crippen molar-refractivity contribution in [2.24, 2.45) is 0 Å². The van der Waals surface area contributed by atoms with Gasteiger partial charge in [-0.3, -0.25) is 4.79 Å². The Hall–Kier alpha value is -1.79. The van der Waals surface area contributed by atoms with Crippen LogP contribution in [0.4, 0.5) is 5.69 Å². The van der Waals surface area contributed by atoms with Crippen LogP contribution in [0, 0.1) is 11.8 Å². The molecule has 0 aromatic heterocycles. The van der Waals surface area contributed by atoms with Crippen LogP contribution >= 0.6 is 0 Å². The fourth-order valence-electron chi connectivity index (χ4n) is 1.25. The number of benzene rings is 1. The van der Waals surface area contributed by atoms with E-state index in [2.05, 4.69) is 22.5 Å². The summed E-state index contributed by atoms with van der Waals surface area (Å²) in [6.07, 6.45) is 0. The third-order valence-corrected chi connectivity index (χ3v) is 1.87. The lowest BCUT2D eigenvalue weighted by Crippen LogP contribution is -2.13. The smallest absolute Gasteiger partial charge is 0.300 e. The van der Waals surface area contributed by atoms with E-state index in [4.69, 9.17) is 0 Å². The molecule has 1 aromatic rings. The molecule has 78 valence electrons. The SMILES string of the molecule is CC#CC(=O)Nc1ccccc1CNC. The van der Waals surface area contributed by atoms with E-state index in [1.165, 1.54) is 0 Å². The van der Waals surface area contributed by atoms with Gasteiger partial charge in [0.2, 0.25) is 0 Å². The van der Waals surface area contributed by atoms with E-state index in [0.717, 1.165) is 17.8 Å². The van der Waals surface area contributed by atoms with Crippen molar-refractivity contribution in [3.8, 4) is 11.8 Å². The lowest BCUT2D eigenvalue weighted by molar-refractivity contribution is -0.111. The highest BCUT2D eigenvalue weighted by molar-refractivity contribution is 6.04. The maximum absolute atomic E-state index is 11.3. The molecule has 0 bridgehead atoms. The van der Waals surface area contributed by atoms with Crippen molar-refractivity contribution in [1.82, 2.24) is 5.32 Å². The number of carbonyl (C=O) groups is 1. The van der Waals surface area contributed by atoms with Gasteiger partial charge in [-0.05, 0) is 31.5 Å². The van der Waals surface area contributed by atoms with Crippen LogP contribution in [-0.2, 0) is 11.3 Å². The number of amides is 1. The van der Waals surface area contributed by atoms with Gasteiger partial charge in [-0.25, -0.2) is 0 Å². The first-order valence-corrected chi connectivity index (χ1v) is 4.74. The highest BCUT2D eigenvalue weighted by Gasteiger charge is 2.02. The highest BCUT2D eigenvalue weighted by Crippen LogP contribution is 2.14. The average molecular weight is 202 g/mol. The summed E-state index contributed by atoms with van der Waals surface area (Å²) in [5.74, 6) is 4.73. The molecule has 15 heavy (non-hydrogen) atoms. The van der Waals surface area contributed by atoms with Crippen LogP contribution in [0.15, 0.2) is 24.3 Å². The summed E-state index contributed by atoms with van der Waals surface area (Å²) >= 11 is 0. The Balaban J connectivity index is 2.82. The number of para-hydroxylation sites is 1. The van der Waals surface area contributed by atoms with Crippen LogP contribution in [-0.4, -0.2) is 13.0 Å². The number of carbonyl (C=O) groups excluding carboxylic acids is 1. The van der Waals surface area contributed by atoms with E-state index < -0.39 is 0 Å². The lowest BCUT2D eigenvalue weighted by atomic mass is 10.2. The molecule has 2 N–H and O–H groups in total. The van der Waals surface area contributed by atoms with E-state index in [0.29, 0.717) is 0 Å². The minimum Gasteiger partial charge on any atom is -0.316 e. The largest absolute Gasteiger partial charge is 0.316 e. The second kappa shape index (κ2) is 5.84. The second-order valence-corrected chi connectivity index (χ2v) is 3.02. The van der Waals surface area contributed by atoms with Gasteiger partial charge in [-0.2, -0.15) is 0 Å². The van der Waals surface area contributed by atoms with E-state index in [1.807, 2.05) is 31.3 Å². The van der Waals surface area contributed by atoms with Crippen LogP contribution in [0.5, 0.6) is 0 Å². The van der Waals surface area contributed by atoms with Gasteiger partial charge in [0, 0.05) is 12.2 Å². The molecule has 0 aliphatic carbocycles. The lowest BCUT2D eigenvalue weighted by Gasteiger charge is -2.08. The Morgan fingerprint density at radius 2 is 2.13 bits per heavy atom. The number of hydrogen-bond donors (Lipinski definition) is 2. The van der Waals surface area contributed by atoms with Crippen LogP contribution < -0.4 is 10.6 Å². The van der Waals surface area contributed by atoms with E-state index in [9.17, 15) is 4.79 Å². The van der Waals surface area contributed by atoms with Gasteiger partial charge in [0.25, 0.3) is 5.91 Å². The Morgan fingerprint density at radius 1 is 1.40 bits per heavy atom. The molecular weight excluding hydrogens is 188 g/mol.